The van der Waals surface area contributed by atoms with Crippen molar-refractivity contribution >= 4 is 23.7 Å². The zero-order valence-corrected chi connectivity index (χ0v) is 18.7. The second kappa shape index (κ2) is 8.81. The van der Waals surface area contributed by atoms with E-state index in [1.807, 2.05) is 24.5 Å². The quantitative estimate of drug-likeness (QED) is 0.254. The van der Waals surface area contributed by atoms with E-state index in [1.54, 1.807) is 18.2 Å². The summed E-state index contributed by atoms with van der Waals surface area (Å²) < 4.78 is 21.2. The lowest BCUT2D eigenvalue weighted by molar-refractivity contribution is -0.384. The number of nitro groups is 1. The fourth-order valence-electron chi connectivity index (χ4n) is 3.94. The molecule has 1 N–H and O–H groups in total. The Kier molecular flexibility index (Phi) is 5.89. The molecule has 174 valence electrons. The summed E-state index contributed by atoms with van der Waals surface area (Å²) in [5, 5.41) is 13.7. The number of amides is 3. The molecule has 1 aromatic heterocycles. The molecule has 4 rings (SSSR count). The summed E-state index contributed by atoms with van der Waals surface area (Å²) in [6.07, 6.45) is 1.55. The van der Waals surface area contributed by atoms with Crippen LogP contribution in [0.25, 0.3) is 11.8 Å². The minimum Gasteiger partial charge on any atom is -0.494 e. The summed E-state index contributed by atoms with van der Waals surface area (Å²) in [7, 11) is 1.43. The van der Waals surface area contributed by atoms with Crippen molar-refractivity contribution < 1.29 is 23.6 Å². The lowest BCUT2D eigenvalue weighted by Gasteiger charge is -2.14. The molecule has 0 radical (unpaired) electrons. The fraction of sp³-hybridized carbons (Fsp3) is 0.167. The zero-order valence-electron chi connectivity index (χ0n) is 18.7. The van der Waals surface area contributed by atoms with Crippen LogP contribution >= 0.6 is 0 Å². The van der Waals surface area contributed by atoms with Crippen LogP contribution in [0.2, 0.25) is 0 Å². The van der Waals surface area contributed by atoms with Crippen molar-refractivity contribution in [2.75, 3.05) is 7.11 Å². The predicted molar refractivity (Wildman–Crippen MR) is 122 cm³/mol. The maximum absolute atomic E-state index is 14.0. The number of ether oxygens (including phenoxy) is 1. The van der Waals surface area contributed by atoms with Crippen LogP contribution in [0.5, 0.6) is 5.75 Å². The summed E-state index contributed by atoms with van der Waals surface area (Å²) in [6.45, 7) is 3.47. The molecule has 1 saturated heterocycles. The number of nitro benzene ring substituents is 1. The number of non-ortho nitro benzene ring substituents is 1. The van der Waals surface area contributed by atoms with Gasteiger partial charge in [0.2, 0.25) is 0 Å². The number of methoxy groups -OCH3 is 1. The predicted octanol–water partition coefficient (Wildman–Crippen LogP) is 4.24. The summed E-state index contributed by atoms with van der Waals surface area (Å²) in [5.74, 6) is -0.747. The molecule has 2 aromatic carbocycles. The van der Waals surface area contributed by atoms with E-state index in [0.29, 0.717) is 17.0 Å². The molecule has 0 bridgehead atoms. The highest BCUT2D eigenvalue weighted by Gasteiger charge is 2.34. The molecule has 1 fully saturated rings. The van der Waals surface area contributed by atoms with Gasteiger partial charge in [-0.3, -0.25) is 19.8 Å². The van der Waals surface area contributed by atoms with Gasteiger partial charge in [0, 0.05) is 23.0 Å². The molecule has 3 aromatic rings. The highest BCUT2D eigenvalue weighted by atomic mass is 19.1. The van der Waals surface area contributed by atoms with Gasteiger partial charge in [-0.05, 0) is 43.7 Å². The van der Waals surface area contributed by atoms with Crippen molar-refractivity contribution in [3.8, 4) is 11.4 Å². The van der Waals surface area contributed by atoms with Gasteiger partial charge in [-0.25, -0.2) is 9.18 Å². The lowest BCUT2D eigenvalue weighted by Crippen LogP contribution is -2.30. The number of halogens is 1. The van der Waals surface area contributed by atoms with E-state index < -0.39 is 22.7 Å². The van der Waals surface area contributed by atoms with Crippen LogP contribution in [0.1, 0.15) is 22.5 Å². The van der Waals surface area contributed by atoms with E-state index in [9.17, 15) is 24.1 Å². The Hall–Kier alpha value is -4.47. The van der Waals surface area contributed by atoms with Gasteiger partial charge in [-0.2, -0.15) is 0 Å². The molecule has 2 heterocycles. The van der Waals surface area contributed by atoms with E-state index >= 15 is 0 Å². The molecule has 1 aliphatic rings. The maximum atomic E-state index is 14.0. The summed E-state index contributed by atoms with van der Waals surface area (Å²) >= 11 is 0. The summed E-state index contributed by atoms with van der Waals surface area (Å²) in [5.41, 5.74) is 2.97. The first-order chi connectivity index (χ1) is 16.2. The molecule has 1 aliphatic heterocycles. The van der Waals surface area contributed by atoms with Gasteiger partial charge in [-0.1, -0.05) is 18.2 Å². The number of nitrogens with one attached hydrogen (secondary N) is 1. The SMILES string of the molecule is COc1cc([N+](=O)[O-])ccc1-n1c(C)cc(/C=C2/NC(=O)N(Cc3ccccc3F)C2=O)c1C. The van der Waals surface area contributed by atoms with Crippen LogP contribution in [-0.4, -0.2) is 33.4 Å². The molecule has 9 nitrogen and oxygen atoms in total. The van der Waals surface area contributed by atoms with Crippen molar-refractivity contribution in [2.24, 2.45) is 0 Å². The van der Waals surface area contributed by atoms with Gasteiger partial charge < -0.3 is 14.6 Å². The molecule has 0 atom stereocenters. The highest BCUT2D eigenvalue weighted by Crippen LogP contribution is 2.32. The maximum Gasteiger partial charge on any atom is 0.329 e. The average molecular weight is 464 g/mol. The first kappa shape index (κ1) is 22.7. The van der Waals surface area contributed by atoms with Gasteiger partial charge in [0.15, 0.2) is 0 Å². The smallest absolute Gasteiger partial charge is 0.329 e. The molecule has 0 unspecified atom stereocenters. The van der Waals surface area contributed by atoms with Gasteiger partial charge >= 0.3 is 6.03 Å². The number of carbonyl (C=O) groups is 2. The lowest BCUT2D eigenvalue weighted by atomic mass is 10.2. The van der Waals surface area contributed by atoms with Crippen LogP contribution < -0.4 is 10.1 Å². The third-order valence-electron chi connectivity index (χ3n) is 5.63. The van der Waals surface area contributed by atoms with E-state index in [1.165, 1.54) is 37.4 Å². The normalized spacial score (nSPS) is 14.6. The number of aromatic nitrogens is 1. The average Bonchev–Trinajstić information content (AvgIpc) is 3.23. The second-order valence-corrected chi connectivity index (χ2v) is 7.75. The Morgan fingerprint density at radius 3 is 2.56 bits per heavy atom. The van der Waals surface area contributed by atoms with E-state index in [0.717, 1.165) is 16.3 Å². The molecule has 0 aliphatic carbocycles. The van der Waals surface area contributed by atoms with Crippen molar-refractivity contribution in [1.82, 2.24) is 14.8 Å². The standard InChI is InChI=1S/C24H21FN4O5/c1-14-10-17(15(2)28(14)21-9-8-18(29(32)33)12-22(21)34-3)11-20-23(30)27(24(31)26-20)13-16-6-4-5-7-19(16)25/h4-12H,13H2,1-3H3,(H,26,31)/b20-11+. The molecular formula is C24H21FN4O5. The highest BCUT2D eigenvalue weighted by molar-refractivity contribution is 6.14. The minimum absolute atomic E-state index is 0.0669. The van der Waals surface area contributed by atoms with Crippen molar-refractivity contribution in [2.45, 2.75) is 20.4 Å². The van der Waals surface area contributed by atoms with Crippen LogP contribution in [-0.2, 0) is 11.3 Å². The number of benzene rings is 2. The van der Waals surface area contributed by atoms with Crippen LogP contribution in [0.4, 0.5) is 14.9 Å². The van der Waals surface area contributed by atoms with Crippen LogP contribution in [0, 0.1) is 29.8 Å². The number of nitrogens with zero attached hydrogens (tertiary/aromatic N) is 3. The third-order valence-corrected chi connectivity index (χ3v) is 5.63. The Balaban J connectivity index is 1.67. The van der Waals surface area contributed by atoms with Crippen LogP contribution in [0.3, 0.4) is 0 Å². The van der Waals surface area contributed by atoms with Crippen molar-refractivity contribution in [1.29, 1.82) is 0 Å². The molecular weight excluding hydrogens is 443 g/mol. The number of hydrogen-bond acceptors (Lipinski definition) is 5. The minimum atomic E-state index is -0.634. The van der Waals surface area contributed by atoms with E-state index in [2.05, 4.69) is 5.32 Å². The Morgan fingerprint density at radius 2 is 1.88 bits per heavy atom. The number of urea groups is 1. The molecule has 0 saturated carbocycles. The first-order valence-corrected chi connectivity index (χ1v) is 10.3. The van der Waals surface area contributed by atoms with Gasteiger partial charge in [0.1, 0.15) is 17.3 Å². The summed E-state index contributed by atoms with van der Waals surface area (Å²) in [4.78, 5) is 36.8. The molecule has 10 heteroatoms. The van der Waals surface area contributed by atoms with E-state index in [-0.39, 0.29) is 23.5 Å². The van der Waals surface area contributed by atoms with Gasteiger partial charge in [0.05, 0.1) is 30.3 Å². The number of carbonyl (C=O) groups excluding carboxylic acids is 2. The molecule has 3 amide bonds. The number of rotatable bonds is 6. The van der Waals surface area contributed by atoms with Crippen LogP contribution in [0.15, 0.2) is 54.2 Å². The third kappa shape index (κ3) is 4.01. The van der Waals surface area contributed by atoms with Gasteiger partial charge in [-0.15, -0.1) is 0 Å². The monoisotopic (exact) mass is 464 g/mol. The first-order valence-electron chi connectivity index (χ1n) is 10.3. The number of imide groups is 1. The Morgan fingerprint density at radius 1 is 1.15 bits per heavy atom. The van der Waals surface area contributed by atoms with Crippen molar-refractivity contribution in [3.63, 3.8) is 0 Å². The van der Waals surface area contributed by atoms with Crippen molar-refractivity contribution in [3.05, 3.63) is 92.7 Å². The topological polar surface area (TPSA) is 107 Å². The molecule has 0 spiro atoms. The largest absolute Gasteiger partial charge is 0.494 e. The zero-order chi connectivity index (χ0) is 24.6. The second-order valence-electron chi connectivity index (χ2n) is 7.75. The Labute approximate surface area is 194 Å². The Bertz CT molecular complexity index is 1360. The molecule has 34 heavy (non-hydrogen) atoms. The van der Waals surface area contributed by atoms with E-state index in [4.69, 9.17) is 4.74 Å². The summed E-state index contributed by atoms with van der Waals surface area (Å²) in [6, 6.07) is 11.5. The number of hydrogen-bond donors (Lipinski definition) is 1. The van der Waals surface area contributed by atoms with Gasteiger partial charge in [0.25, 0.3) is 11.6 Å². The fourth-order valence-corrected chi connectivity index (χ4v) is 3.94. The number of aryl methyl sites for hydroxylation is 1.